The second-order valence-electron chi connectivity index (χ2n) is 6.24. The average molecular weight is 430 g/mol. The van der Waals surface area contributed by atoms with Gasteiger partial charge in [0.15, 0.2) is 0 Å². The fraction of sp³-hybridized carbons (Fsp3) is 0.100. The molecule has 0 atom stereocenters. The van der Waals surface area contributed by atoms with E-state index in [4.69, 9.17) is 0 Å². The lowest BCUT2D eigenvalue weighted by atomic mass is 10.1. The number of hydrogen-bond acceptors (Lipinski definition) is 5. The van der Waals surface area contributed by atoms with Crippen LogP contribution in [-0.4, -0.2) is 35.3 Å². The SMILES string of the molecule is CNc1ccc(S(=O)(=O)N=C2C=CC(=NS(=O)(=O)c3ccc(C)cc3)C=C2)cc1. The molecule has 3 rings (SSSR count). The highest BCUT2D eigenvalue weighted by molar-refractivity contribution is 7.90. The summed E-state index contributed by atoms with van der Waals surface area (Å²) >= 11 is 0. The first-order valence-electron chi connectivity index (χ1n) is 8.60. The molecule has 2 aromatic carbocycles. The van der Waals surface area contributed by atoms with Crippen LogP contribution in [0.15, 0.2) is 91.4 Å². The minimum atomic E-state index is -3.89. The molecule has 29 heavy (non-hydrogen) atoms. The third-order valence-electron chi connectivity index (χ3n) is 4.06. The molecule has 0 bridgehead atoms. The first-order valence-corrected chi connectivity index (χ1v) is 11.5. The van der Waals surface area contributed by atoms with Gasteiger partial charge in [0.05, 0.1) is 21.2 Å². The van der Waals surface area contributed by atoms with Gasteiger partial charge in [-0.1, -0.05) is 17.7 Å². The van der Waals surface area contributed by atoms with Crippen LogP contribution in [0.3, 0.4) is 0 Å². The van der Waals surface area contributed by atoms with Crippen LogP contribution in [0, 0.1) is 6.92 Å². The second-order valence-corrected chi connectivity index (χ2v) is 9.44. The molecular weight excluding hydrogens is 410 g/mol. The summed E-state index contributed by atoms with van der Waals surface area (Å²) in [5, 5.41) is 2.91. The third-order valence-corrected chi connectivity index (χ3v) is 6.70. The van der Waals surface area contributed by atoms with E-state index in [0.717, 1.165) is 11.3 Å². The number of aryl methyl sites for hydroxylation is 1. The Morgan fingerprint density at radius 3 is 1.41 bits per heavy atom. The van der Waals surface area contributed by atoms with Crippen LogP contribution in [0.25, 0.3) is 0 Å². The quantitative estimate of drug-likeness (QED) is 0.735. The zero-order chi connectivity index (χ0) is 21.1. The maximum Gasteiger partial charge on any atom is 0.282 e. The fourth-order valence-corrected chi connectivity index (χ4v) is 4.43. The van der Waals surface area contributed by atoms with Crippen molar-refractivity contribution in [3.05, 3.63) is 78.4 Å². The molecule has 0 aliphatic heterocycles. The molecule has 150 valence electrons. The van der Waals surface area contributed by atoms with Gasteiger partial charge in [0.2, 0.25) is 0 Å². The number of anilines is 1. The van der Waals surface area contributed by atoms with E-state index in [1.54, 1.807) is 31.3 Å². The van der Waals surface area contributed by atoms with E-state index in [0.29, 0.717) is 0 Å². The van der Waals surface area contributed by atoms with Crippen molar-refractivity contribution in [2.75, 3.05) is 12.4 Å². The number of allylic oxidation sites excluding steroid dienone is 4. The van der Waals surface area contributed by atoms with Crippen LogP contribution in [0.1, 0.15) is 5.56 Å². The van der Waals surface area contributed by atoms with E-state index in [2.05, 4.69) is 14.1 Å². The van der Waals surface area contributed by atoms with Gasteiger partial charge >= 0.3 is 0 Å². The van der Waals surface area contributed by atoms with Gasteiger partial charge in [0.25, 0.3) is 20.0 Å². The topological polar surface area (TPSA) is 105 Å². The monoisotopic (exact) mass is 429 g/mol. The minimum absolute atomic E-state index is 0.0622. The molecule has 1 N–H and O–H groups in total. The molecule has 0 aromatic heterocycles. The van der Waals surface area contributed by atoms with Gasteiger partial charge in [-0.05, 0) is 67.6 Å². The molecule has 1 aliphatic rings. The molecule has 0 unspecified atom stereocenters. The summed E-state index contributed by atoms with van der Waals surface area (Å²) < 4.78 is 57.2. The Labute approximate surface area is 170 Å². The molecule has 2 aromatic rings. The van der Waals surface area contributed by atoms with Crippen molar-refractivity contribution in [2.24, 2.45) is 8.80 Å². The highest BCUT2D eigenvalue weighted by Gasteiger charge is 2.16. The fourth-order valence-electron chi connectivity index (χ4n) is 2.46. The molecule has 0 saturated heterocycles. The predicted molar refractivity (Wildman–Crippen MR) is 115 cm³/mol. The van der Waals surface area contributed by atoms with E-state index in [1.165, 1.54) is 48.6 Å². The van der Waals surface area contributed by atoms with E-state index < -0.39 is 20.0 Å². The van der Waals surface area contributed by atoms with Crippen LogP contribution >= 0.6 is 0 Å². The summed E-state index contributed by atoms with van der Waals surface area (Å²) in [5.41, 5.74) is 2.08. The highest BCUT2D eigenvalue weighted by atomic mass is 32.2. The summed E-state index contributed by atoms with van der Waals surface area (Å²) in [5.74, 6) is 0. The van der Waals surface area contributed by atoms with E-state index in [-0.39, 0.29) is 21.2 Å². The number of sulfonamides is 2. The largest absolute Gasteiger partial charge is 0.388 e. The second kappa shape index (κ2) is 8.14. The van der Waals surface area contributed by atoms with Gasteiger partial charge in [-0.25, -0.2) is 0 Å². The number of benzene rings is 2. The Morgan fingerprint density at radius 2 is 1.03 bits per heavy atom. The Bertz CT molecular complexity index is 1220. The molecule has 7 nitrogen and oxygen atoms in total. The number of nitrogens with one attached hydrogen (secondary N) is 1. The van der Waals surface area contributed by atoms with Crippen molar-refractivity contribution in [1.29, 1.82) is 0 Å². The van der Waals surface area contributed by atoms with Crippen molar-refractivity contribution >= 4 is 37.2 Å². The summed E-state index contributed by atoms with van der Waals surface area (Å²) in [6.45, 7) is 1.86. The van der Waals surface area contributed by atoms with E-state index in [9.17, 15) is 16.8 Å². The molecular formula is C20H19N3O4S2. The summed E-state index contributed by atoms with van der Waals surface area (Å²) in [7, 11) is -6.01. The Balaban J connectivity index is 1.81. The molecule has 1 aliphatic carbocycles. The number of nitrogens with zero attached hydrogens (tertiary/aromatic N) is 2. The highest BCUT2D eigenvalue weighted by Crippen LogP contribution is 2.18. The van der Waals surface area contributed by atoms with Crippen molar-refractivity contribution in [3.63, 3.8) is 0 Å². The van der Waals surface area contributed by atoms with Gasteiger partial charge in [0.1, 0.15) is 0 Å². The van der Waals surface area contributed by atoms with E-state index >= 15 is 0 Å². The molecule has 0 saturated carbocycles. The van der Waals surface area contributed by atoms with Gasteiger partial charge in [-0.3, -0.25) is 0 Å². The number of hydrogen-bond donors (Lipinski definition) is 1. The standard InChI is InChI=1S/C20H19N3O4S2/c1-15-3-11-19(12-4-15)28(24,25)22-17-5-7-18(8-6-17)23-29(26,27)20-13-9-16(21-2)10-14-20/h3-14,21H,1-2H3. The van der Waals surface area contributed by atoms with Gasteiger partial charge < -0.3 is 5.32 Å². The van der Waals surface area contributed by atoms with Crippen LogP contribution in [0.2, 0.25) is 0 Å². The molecule has 0 heterocycles. The first kappa shape index (κ1) is 20.7. The lowest BCUT2D eigenvalue weighted by molar-refractivity contribution is 0.596. The normalized spacial score (nSPS) is 14.0. The maximum absolute atomic E-state index is 12.4. The third kappa shape index (κ3) is 5.07. The molecule has 9 heteroatoms. The Morgan fingerprint density at radius 1 is 0.655 bits per heavy atom. The Hall–Kier alpha value is -3.04. The van der Waals surface area contributed by atoms with Crippen molar-refractivity contribution in [2.45, 2.75) is 16.7 Å². The smallest absolute Gasteiger partial charge is 0.282 e. The average Bonchev–Trinajstić information content (AvgIpc) is 2.69. The van der Waals surface area contributed by atoms with Gasteiger partial charge in [0, 0.05) is 12.7 Å². The van der Waals surface area contributed by atoms with Crippen LogP contribution in [0.5, 0.6) is 0 Å². The molecule has 0 amide bonds. The minimum Gasteiger partial charge on any atom is -0.388 e. The van der Waals surface area contributed by atoms with Crippen LogP contribution < -0.4 is 5.32 Å². The summed E-state index contributed by atoms with van der Waals surface area (Å²) in [4.78, 5) is 0.150. The lowest BCUT2D eigenvalue weighted by Crippen LogP contribution is -2.07. The predicted octanol–water partition coefficient (Wildman–Crippen LogP) is 3.12. The van der Waals surface area contributed by atoms with Crippen molar-refractivity contribution in [3.8, 4) is 0 Å². The zero-order valence-electron chi connectivity index (χ0n) is 15.8. The summed E-state index contributed by atoms with van der Waals surface area (Å²) in [6.07, 6.45) is 5.63. The molecule has 0 fully saturated rings. The first-order chi connectivity index (χ1) is 13.7. The summed E-state index contributed by atoms with van der Waals surface area (Å²) in [6, 6.07) is 12.6. The van der Waals surface area contributed by atoms with Gasteiger partial charge in [-0.15, -0.1) is 0 Å². The maximum atomic E-state index is 12.4. The van der Waals surface area contributed by atoms with Crippen molar-refractivity contribution < 1.29 is 16.8 Å². The van der Waals surface area contributed by atoms with Gasteiger partial charge in [-0.2, -0.15) is 25.6 Å². The number of rotatable bonds is 5. The van der Waals surface area contributed by atoms with Crippen LogP contribution in [-0.2, 0) is 20.0 Å². The van der Waals surface area contributed by atoms with E-state index in [1.807, 2.05) is 6.92 Å². The lowest BCUT2D eigenvalue weighted by Gasteiger charge is -2.05. The Kier molecular flexibility index (Phi) is 5.81. The molecule has 0 spiro atoms. The molecule has 0 radical (unpaired) electrons. The van der Waals surface area contributed by atoms with Crippen molar-refractivity contribution in [1.82, 2.24) is 0 Å². The zero-order valence-corrected chi connectivity index (χ0v) is 17.4. The van der Waals surface area contributed by atoms with Crippen LogP contribution in [0.4, 0.5) is 5.69 Å².